The minimum absolute atomic E-state index is 0.0913. The van der Waals surface area contributed by atoms with E-state index in [9.17, 15) is 9.59 Å². The van der Waals surface area contributed by atoms with Crippen molar-refractivity contribution in [3.8, 4) is 22.5 Å². The SMILES string of the molecule is C=CCn1c(SCC(=O)Nc2scc(-c3ccc(C)cc3)c2C(=O)OC)nnc1-c1ccc(Br)cc1. The van der Waals surface area contributed by atoms with E-state index in [1.165, 1.54) is 30.2 Å². The normalized spacial score (nSPS) is 10.8. The summed E-state index contributed by atoms with van der Waals surface area (Å²) in [6, 6.07) is 15.6. The molecule has 2 aromatic carbocycles. The predicted molar refractivity (Wildman–Crippen MR) is 149 cm³/mol. The number of anilines is 1. The third-order valence-corrected chi connectivity index (χ3v) is 7.65. The van der Waals surface area contributed by atoms with E-state index in [1.807, 2.05) is 65.4 Å². The molecule has 0 radical (unpaired) electrons. The fourth-order valence-corrected chi connectivity index (χ4v) is 5.48. The maximum absolute atomic E-state index is 12.9. The van der Waals surface area contributed by atoms with Gasteiger partial charge in [0.05, 0.1) is 12.9 Å². The molecule has 1 N–H and O–H groups in total. The Morgan fingerprint density at radius 3 is 2.50 bits per heavy atom. The molecule has 0 unspecified atom stereocenters. The summed E-state index contributed by atoms with van der Waals surface area (Å²) in [7, 11) is 1.33. The molecule has 1 amide bonds. The van der Waals surface area contributed by atoms with Crippen LogP contribution in [0.15, 0.2) is 76.2 Å². The number of amides is 1. The van der Waals surface area contributed by atoms with E-state index < -0.39 is 5.97 Å². The zero-order chi connectivity index (χ0) is 25.7. The van der Waals surface area contributed by atoms with Crippen molar-refractivity contribution < 1.29 is 14.3 Å². The molecule has 0 bridgehead atoms. The second-order valence-electron chi connectivity index (χ2n) is 7.76. The number of halogens is 1. The predicted octanol–water partition coefficient (Wildman–Crippen LogP) is 6.45. The topological polar surface area (TPSA) is 86.1 Å². The van der Waals surface area contributed by atoms with Crippen LogP contribution < -0.4 is 5.32 Å². The average molecular weight is 584 g/mol. The summed E-state index contributed by atoms with van der Waals surface area (Å²) in [5.74, 6) is 0.0216. The third kappa shape index (κ3) is 5.77. The Hall–Kier alpha value is -3.21. The highest BCUT2D eigenvalue weighted by Crippen LogP contribution is 2.36. The van der Waals surface area contributed by atoms with Crippen LogP contribution in [0.2, 0.25) is 0 Å². The van der Waals surface area contributed by atoms with Crippen LogP contribution in [0.25, 0.3) is 22.5 Å². The lowest BCUT2D eigenvalue weighted by Gasteiger charge is -2.09. The summed E-state index contributed by atoms with van der Waals surface area (Å²) in [6.45, 7) is 6.33. The summed E-state index contributed by atoms with van der Waals surface area (Å²) < 4.78 is 7.89. The third-order valence-electron chi connectivity index (χ3n) is 5.26. The van der Waals surface area contributed by atoms with Gasteiger partial charge >= 0.3 is 5.97 Å². The minimum Gasteiger partial charge on any atom is -0.465 e. The van der Waals surface area contributed by atoms with Crippen molar-refractivity contribution in [2.24, 2.45) is 0 Å². The molecule has 2 aromatic heterocycles. The van der Waals surface area contributed by atoms with Gasteiger partial charge in [-0.05, 0) is 24.6 Å². The molecule has 0 saturated heterocycles. The van der Waals surface area contributed by atoms with Crippen molar-refractivity contribution in [1.82, 2.24) is 14.8 Å². The standard InChI is InChI=1S/C26H23BrN4O3S2/c1-4-13-31-23(18-9-11-19(27)12-10-18)29-30-26(31)36-15-21(32)28-24-22(25(33)34-3)20(14-35-24)17-7-5-16(2)6-8-17/h4-12,14H,1,13,15H2,2-3H3,(H,28,32). The van der Waals surface area contributed by atoms with E-state index in [4.69, 9.17) is 4.74 Å². The Morgan fingerprint density at radius 2 is 1.83 bits per heavy atom. The highest BCUT2D eigenvalue weighted by molar-refractivity contribution is 9.10. The van der Waals surface area contributed by atoms with Crippen LogP contribution in [0.4, 0.5) is 5.00 Å². The smallest absolute Gasteiger partial charge is 0.341 e. The van der Waals surface area contributed by atoms with Gasteiger partial charge in [-0.15, -0.1) is 28.1 Å². The van der Waals surface area contributed by atoms with E-state index >= 15 is 0 Å². The molecule has 0 aliphatic carbocycles. The van der Waals surface area contributed by atoms with Crippen molar-refractivity contribution in [3.63, 3.8) is 0 Å². The lowest BCUT2D eigenvalue weighted by molar-refractivity contribution is -0.113. The number of esters is 1. The van der Waals surface area contributed by atoms with Gasteiger partial charge in [-0.1, -0.05) is 75.7 Å². The lowest BCUT2D eigenvalue weighted by atomic mass is 10.0. The number of thiophene rings is 1. The van der Waals surface area contributed by atoms with Crippen LogP contribution in [-0.4, -0.2) is 39.5 Å². The van der Waals surface area contributed by atoms with Gasteiger partial charge in [0, 0.05) is 27.5 Å². The summed E-state index contributed by atoms with van der Waals surface area (Å²) in [5, 5.41) is 14.4. The fourth-order valence-electron chi connectivity index (χ4n) is 3.49. The van der Waals surface area contributed by atoms with Gasteiger partial charge in [0.2, 0.25) is 5.91 Å². The second kappa shape index (κ2) is 11.7. The lowest BCUT2D eigenvalue weighted by Crippen LogP contribution is -2.16. The van der Waals surface area contributed by atoms with Crippen molar-refractivity contribution in [3.05, 3.63) is 82.2 Å². The van der Waals surface area contributed by atoms with Crippen LogP contribution in [0.5, 0.6) is 0 Å². The molecule has 7 nitrogen and oxygen atoms in total. The number of thioether (sulfide) groups is 1. The van der Waals surface area contributed by atoms with Gasteiger partial charge in [0.1, 0.15) is 10.6 Å². The number of carbonyl (C=O) groups is 2. The molecular formula is C26H23BrN4O3S2. The highest BCUT2D eigenvalue weighted by Gasteiger charge is 2.23. The van der Waals surface area contributed by atoms with Crippen LogP contribution in [0.3, 0.4) is 0 Å². The number of hydrogen-bond donors (Lipinski definition) is 1. The maximum atomic E-state index is 12.9. The number of methoxy groups -OCH3 is 1. The first kappa shape index (κ1) is 25.9. The summed E-state index contributed by atoms with van der Waals surface area (Å²) >= 11 is 6.00. The number of allylic oxidation sites excluding steroid dienone is 1. The molecular weight excluding hydrogens is 560 g/mol. The van der Waals surface area contributed by atoms with Crippen molar-refractivity contribution in [2.75, 3.05) is 18.2 Å². The van der Waals surface area contributed by atoms with E-state index in [-0.39, 0.29) is 11.7 Å². The second-order valence-corrected chi connectivity index (χ2v) is 10.5. The van der Waals surface area contributed by atoms with Gasteiger partial charge in [0.25, 0.3) is 0 Å². The first-order valence-electron chi connectivity index (χ1n) is 10.9. The molecule has 0 aliphatic heterocycles. The Kier molecular flexibility index (Phi) is 8.40. The molecule has 0 aliphatic rings. The van der Waals surface area contributed by atoms with Gasteiger partial charge in [-0.25, -0.2) is 4.79 Å². The molecule has 36 heavy (non-hydrogen) atoms. The molecule has 0 fully saturated rings. The molecule has 184 valence electrons. The molecule has 4 aromatic rings. The van der Waals surface area contributed by atoms with Gasteiger partial charge in [0.15, 0.2) is 11.0 Å². The van der Waals surface area contributed by atoms with Crippen LogP contribution in [-0.2, 0) is 16.1 Å². The molecule has 10 heteroatoms. The number of nitrogens with one attached hydrogen (secondary N) is 1. The minimum atomic E-state index is -0.500. The van der Waals surface area contributed by atoms with E-state index in [0.29, 0.717) is 28.1 Å². The van der Waals surface area contributed by atoms with Gasteiger partial charge < -0.3 is 10.1 Å². The Bertz CT molecular complexity index is 1400. The maximum Gasteiger partial charge on any atom is 0.341 e. The quantitative estimate of drug-likeness (QED) is 0.139. The molecule has 0 atom stereocenters. The zero-order valence-electron chi connectivity index (χ0n) is 19.7. The van der Waals surface area contributed by atoms with E-state index in [0.717, 1.165) is 26.7 Å². The van der Waals surface area contributed by atoms with Gasteiger partial charge in [-0.2, -0.15) is 0 Å². The number of nitrogens with zero attached hydrogens (tertiary/aromatic N) is 3. The van der Waals surface area contributed by atoms with Crippen LogP contribution >= 0.6 is 39.0 Å². The number of aromatic nitrogens is 3. The first-order valence-corrected chi connectivity index (χ1v) is 13.6. The number of aryl methyl sites for hydroxylation is 1. The monoisotopic (exact) mass is 582 g/mol. The highest BCUT2D eigenvalue weighted by atomic mass is 79.9. The van der Waals surface area contributed by atoms with Gasteiger partial charge in [-0.3, -0.25) is 9.36 Å². The Balaban J connectivity index is 1.52. The summed E-state index contributed by atoms with van der Waals surface area (Å²) in [4.78, 5) is 25.4. The molecule has 2 heterocycles. The van der Waals surface area contributed by atoms with Crippen molar-refractivity contribution >= 4 is 55.9 Å². The van der Waals surface area contributed by atoms with Crippen LogP contribution in [0, 0.1) is 6.92 Å². The van der Waals surface area contributed by atoms with Crippen molar-refractivity contribution in [2.45, 2.75) is 18.6 Å². The number of benzene rings is 2. The number of carbonyl (C=O) groups excluding carboxylic acids is 2. The summed E-state index contributed by atoms with van der Waals surface area (Å²) in [5.41, 5.74) is 3.97. The average Bonchev–Trinajstić information content (AvgIpc) is 3.48. The number of ether oxygens (including phenoxy) is 1. The largest absolute Gasteiger partial charge is 0.465 e. The van der Waals surface area contributed by atoms with E-state index in [1.54, 1.807) is 6.08 Å². The molecule has 4 rings (SSSR count). The Morgan fingerprint density at radius 1 is 1.14 bits per heavy atom. The number of rotatable bonds is 9. The van der Waals surface area contributed by atoms with Crippen LogP contribution in [0.1, 0.15) is 15.9 Å². The first-order chi connectivity index (χ1) is 17.4. The molecule has 0 saturated carbocycles. The summed E-state index contributed by atoms with van der Waals surface area (Å²) in [6.07, 6.45) is 1.76. The number of hydrogen-bond acceptors (Lipinski definition) is 7. The Labute approximate surface area is 225 Å². The van der Waals surface area contributed by atoms with E-state index in [2.05, 4.69) is 38.0 Å². The zero-order valence-corrected chi connectivity index (χ0v) is 22.9. The fraction of sp³-hybridized carbons (Fsp3) is 0.154. The van der Waals surface area contributed by atoms with Crippen molar-refractivity contribution in [1.29, 1.82) is 0 Å². The molecule has 0 spiro atoms.